The maximum Gasteiger partial charge on any atom is 0.184 e. The highest BCUT2D eigenvalue weighted by Crippen LogP contribution is 2.28. The van der Waals surface area contributed by atoms with E-state index in [-0.39, 0.29) is 6.29 Å². The number of rotatable bonds is 4. The zero-order valence-electron chi connectivity index (χ0n) is 8.49. The summed E-state index contributed by atoms with van der Waals surface area (Å²) in [5.74, 6) is 0. The van der Waals surface area contributed by atoms with Crippen LogP contribution in [0.5, 0.6) is 0 Å². The van der Waals surface area contributed by atoms with Gasteiger partial charge in [-0.2, -0.15) is 0 Å². The lowest BCUT2D eigenvalue weighted by Gasteiger charge is -2.04. The molecule has 0 spiro atoms. The number of hydrogen-bond donors (Lipinski definition) is 0. The topological polar surface area (TPSA) is 18.5 Å². The molecule has 2 nitrogen and oxygen atoms in total. The third-order valence-corrected chi connectivity index (χ3v) is 3.36. The van der Waals surface area contributed by atoms with Gasteiger partial charge in [0.15, 0.2) is 6.29 Å². The number of thiophene rings is 1. The lowest BCUT2D eigenvalue weighted by Crippen LogP contribution is -1.95. The van der Waals surface area contributed by atoms with Crippen LogP contribution in [0.3, 0.4) is 0 Å². The molecule has 1 saturated heterocycles. The van der Waals surface area contributed by atoms with Crippen LogP contribution in [0, 0.1) is 0 Å². The van der Waals surface area contributed by atoms with Gasteiger partial charge >= 0.3 is 0 Å². The zero-order valence-corrected chi connectivity index (χ0v) is 9.31. The fourth-order valence-corrected chi connectivity index (χ4v) is 2.49. The highest BCUT2D eigenvalue weighted by molar-refractivity contribution is 7.10. The van der Waals surface area contributed by atoms with Crippen LogP contribution in [-0.2, 0) is 15.9 Å². The summed E-state index contributed by atoms with van der Waals surface area (Å²) < 4.78 is 10.9. The number of aryl methyl sites for hydroxylation is 1. The van der Waals surface area contributed by atoms with Crippen molar-refractivity contribution >= 4 is 11.3 Å². The van der Waals surface area contributed by atoms with Crippen molar-refractivity contribution in [1.82, 2.24) is 0 Å². The quantitative estimate of drug-likeness (QED) is 0.763. The minimum atomic E-state index is -0.0957. The first-order chi connectivity index (χ1) is 6.90. The number of hydrogen-bond acceptors (Lipinski definition) is 3. The molecule has 0 aliphatic carbocycles. The Morgan fingerprint density at radius 3 is 2.93 bits per heavy atom. The van der Waals surface area contributed by atoms with E-state index in [1.165, 1.54) is 29.7 Å². The molecule has 1 aromatic rings. The minimum Gasteiger partial charge on any atom is -0.346 e. The van der Waals surface area contributed by atoms with Crippen molar-refractivity contribution < 1.29 is 9.47 Å². The van der Waals surface area contributed by atoms with Gasteiger partial charge in [-0.1, -0.05) is 13.3 Å². The first-order valence-corrected chi connectivity index (χ1v) is 6.08. The van der Waals surface area contributed by atoms with Crippen LogP contribution < -0.4 is 0 Å². The monoisotopic (exact) mass is 212 g/mol. The van der Waals surface area contributed by atoms with Gasteiger partial charge in [0.25, 0.3) is 0 Å². The van der Waals surface area contributed by atoms with Crippen LogP contribution in [-0.4, -0.2) is 13.2 Å². The molecule has 1 aliphatic heterocycles. The van der Waals surface area contributed by atoms with Gasteiger partial charge in [0, 0.05) is 10.4 Å². The fraction of sp³-hybridized carbons (Fsp3) is 0.636. The Morgan fingerprint density at radius 2 is 2.21 bits per heavy atom. The van der Waals surface area contributed by atoms with E-state index in [0.717, 1.165) is 13.2 Å². The zero-order chi connectivity index (χ0) is 9.80. The molecular weight excluding hydrogens is 196 g/mol. The van der Waals surface area contributed by atoms with Crippen molar-refractivity contribution in [2.75, 3.05) is 13.2 Å². The van der Waals surface area contributed by atoms with Crippen molar-refractivity contribution in [3.05, 3.63) is 21.9 Å². The fourth-order valence-electron chi connectivity index (χ4n) is 1.55. The van der Waals surface area contributed by atoms with Crippen molar-refractivity contribution in [3.8, 4) is 0 Å². The molecule has 14 heavy (non-hydrogen) atoms. The Hall–Kier alpha value is -0.380. The number of unbranched alkanes of at least 4 members (excludes halogenated alkanes) is 1. The lowest BCUT2D eigenvalue weighted by molar-refractivity contribution is -0.0438. The molecule has 2 rings (SSSR count). The van der Waals surface area contributed by atoms with Crippen LogP contribution in [0.25, 0.3) is 0 Å². The molecule has 1 aromatic heterocycles. The van der Waals surface area contributed by atoms with Crippen LogP contribution in [0.4, 0.5) is 0 Å². The van der Waals surface area contributed by atoms with E-state index < -0.39 is 0 Å². The SMILES string of the molecule is CCCCc1cc(C2OCCO2)cs1. The molecule has 2 heterocycles. The average molecular weight is 212 g/mol. The predicted molar refractivity (Wildman–Crippen MR) is 57.6 cm³/mol. The Labute approximate surface area is 88.8 Å². The minimum absolute atomic E-state index is 0.0957. The maximum absolute atomic E-state index is 5.44. The summed E-state index contributed by atoms with van der Waals surface area (Å²) >= 11 is 1.82. The number of ether oxygens (including phenoxy) is 2. The highest BCUT2D eigenvalue weighted by Gasteiger charge is 2.19. The lowest BCUT2D eigenvalue weighted by atomic mass is 10.2. The summed E-state index contributed by atoms with van der Waals surface area (Å²) in [5.41, 5.74) is 1.19. The largest absolute Gasteiger partial charge is 0.346 e. The molecule has 0 bridgehead atoms. The molecule has 1 aliphatic rings. The third kappa shape index (κ3) is 2.35. The Morgan fingerprint density at radius 1 is 1.43 bits per heavy atom. The molecule has 1 fully saturated rings. The summed E-state index contributed by atoms with van der Waals surface area (Å²) in [6, 6.07) is 2.22. The molecule has 3 heteroatoms. The third-order valence-electron chi connectivity index (χ3n) is 2.34. The van der Waals surface area contributed by atoms with Crippen molar-refractivity contribution in [2.45, 2.75) is 32.5 Å². The second-order valence-electron chi connectivity index (χ2n) is 3.52. The molecule has 0 N–H and O–H groups in total. The van der Waals surface area contributed by atoms with E-state index in [2.05, 4.69) is 18.4 Å². The van der Waals surface area contributed by atoms with Gasteiger partial charge in [0.1, 0.15) is 0 Å². The van der Waals surface area contributed by atoms with Gasteiger partial charge in [-0.25, -0.2) is 0 Å². The second-order valence-corrected chi connectivity index (χ2v) is 4.52. The van der Waals surface area contributed by atoms with Gasteiger partial charge in [-0.15, -0.1) is 11.3 Å². The molecule has 0 saturated carbocycles. The van der Waals surface area contributed by atoms with Crippen LogP contribution in [0.2, 0.25) is 0 Å². The molecule has 0 aromatic carbocycles. The molecule has 0 unspecified atom stereocenters. The van der Waals surface area contributed by atoms with E-state index in [1.54, 1.807) is 0 Å². The Bertz CT molecular complexity index is 277. The van der Waals surface area contributed by atoms with Crippen LogP contribution in [0.15, 0.2) is 11.4 Å². The predicted octanol–water partition coefficient (Wildman–Crippen LogP) is 3.14. The molecular formula is C11H16O2S. The molecule has 0 atom stereocenters. The van der Waals surface area contributed by atoms with Crippen molar-refractivity contribution in [2.24, 2.45) is 0 Å². The molecule has 0 radical (unpaired) electrons. The summed E-state index contributed by atoms with van der Waals surface area (Å²) in [6.07, 6.45) is 3.62. The van der Waals surface area contributed by atoms with Crippen molar-refractivity contribution in [1.29, 1.82) is 0 Å². The summed E-state index contributed by atoms with van der Waals surface area (Å²) in [4.78, 5) is 1.45. The Kier molecular flexibility index (Phi) is 3.56. The molecule has 78 valence electrons. The Balaban J connectivity index is 1.94. The van der Waals surface area contributed by atoms with E-state index in [0.29, 0.717) is 0 Å². The second kappa shape index (κ2) is 4.91. The van der Waals surface area contributed by atoms with Gasteiger partial charge in [0.2, 0.25) is 0 Å². The van der Waals surface area contributed by atoms with E-state index in [1.807, 2.05) is 11.3 Å². The van der Waals surface area contributed by atoms with Gasteiger partial charge in [0.05, 0.1) is 13.2 Å². The smallest absolute Gasteiger partial charge is 0.184 e. The summed E-state index contributed by atoms with van der Waals surface area (Å²) in [7, 11) is 0. The summed E-state index contributed by atoms with van der Waals surface area (Å²) in [6.45, 7) is 3.67. The van der Waals surface area contributed by atoms with Crippen LogP contribution in [0.1, 0.15) is 36.5 Å². The van der Waals surface area contributed by atoms with Gasteiger partial charge in [-0.05, 0) is 24.3 Å². The van der Waals surface area contributed by atoms with E-state index in [4.69, 9.17) is 9.47 Å². The standard InChI is InChI=1S/C11H16O2S/c1-2-3-4-10-7-9(8-14-10)11-12-5-6-13-11/h7-8,11H,2-6H2,1H3. The van der Waals surface area contributed by atoms with Crippen molar-refractivity contribution in [3.63, 3.8) is 0 Å². The summed E-state index contributed by atoms with van der Waals surface area (Å²) in [5, 5.41) is 2.15. The normalized spacial score (nSPS) is 17.8. The maximum atomic E-state index is 5.44. The highest BCUT2D eigenvalue weighted by atomic mass is 32.1. The first kappa shape index (κ1) is 10.1. The van der Waals surface area contributed by atoms with Crippen LogP contribution >= 0.6 is 11.3 Å². The first-order valence-electron chi connectivity index (χ1n) is 5.20. The van der Waals surface area contributed by atoms with Gasteiger partial charge < -0.3 is 9.47 Å². The average Bonchev–Trinajstić information content (AvgIpc) is 2.85. The van der Waals surface area contributed by atoms with E-state index in [9.17, 15) is 0 Å². The molecule has 0 amide bonds. The van der Waals surface area contributed by atoms with E-state index >= 15 is 0 Å². The van der Waals surface area contributed by atoms with Gasteiger partial charge in [-0.3, -0.25) is 0 Å².